The number of hydrogen-bond acceptors (Lipinski definition) is 2. The second kappa shape index (κ2) is 5.20. The second-order valence-electron chi connectivity index (χ2n) is 3.25. The van der Waals surface area contributed by atoms with Crippen LogP contribution in [0.5, 0.6) is 0 Å². The Hall–Kier alpha value is -1.77. The zero-order chi connectivity index (χ0) is 11.3. The van der Waals surface area contributed by atoms with E-state index < -0.39 is 5.97 Å². The molecule has 0 saturated carbocycles. The van der Waals surface area contributed by atoms with Gasteiger partial charge in [-0.05, 0) is 12.5 Å². The predicted octanol–water partition coefficient (Wildman–Crippen LogP) is 2.54. The minimum absolute atomic E-state index is 0.00192. The van der Waals surface area contributed by atoms with Gasteiger partial charge >= 0.3 is 5.97 Å². The highest BCUT2D eigenvalue weighted by Gasteiger charge is 2.08. The molecule has 1 aromatic carbocycles. The fraction of sp³-hybridized carbons (Fsp3) is 0.250. The van der Waals surface area contributed by atoms with Gasteiger partial charge in [-0.2, -0.15) is 0 Å². The molecule has 0 fully saturated rings. The molecular formula is C12H14O3. The van der Waals surface area contributed by atoms with Crippen LogP contribution in [0.15, 0.2) is 35.9 Å². The van der Waals surface area contributed by atoms with Crippen LogP contribution in [0, 0.1) is 0 Å². The van der Waals surface area contributed by atoms with Crippen molar-refractivity contribution in [3.63, 3.8) is 0 Å². The fourth-order valence-electron chi connectivity index (χ4n) is 1.44. The summed E-state index contributed by atoms with van der Waals surface area (Å²) < 4.78 is 5.22. The summed E-state index contributed by atoms with van der Waals surface area (Å²) in [4.78, 5) is 10.6. The zero-order valence-electron chi connectivity index (χ0n) is 8.86. The molecule has 0 heterocycles. The summed E-state index contributed by atoms with van der Waals surface area (Å²) in [7, 11) is 1.55. The molecule has 3 heteroatoms. The van der Waals surface area contributed by atoms with E-state index >= 15 is 0 Å². The number of ether oxygens (including phenoxy) is 1. The number of benzene rings is 1. The van der Waals surface area contributed by atoms with Crippen molar-refractivity contribution < 1.29 is 14.6 Å². The molecule has 0 bridgehead atoms. The molecular weight excluding hydrogens is 192 g/mol. The molecule has 1 N–H and O–H groups in total. The molecule has 80 valence electrons. The highest BCUT2D eigenvalue weighted by atomic mass is 16.5. The van der Waals surface area contributed by atoms with Crippen molar-refractivity contribution >= 4 is 11.7 Å². The average Bonchev–Trinajstić information content (AvgIpc) is 2.19. The molecule has 0 aromatic heterocycles. The Morgan fingerprint density at radius 1 is 1.33 bits per heavy atom. The Bertz CT molecular complexity index is 366. The summed E-state index contributed by atoms with van der Waals surface area (Å²) >= 11 is 0. The third-order valence-corrected chi connectivity index (χ3v) is 2.04. The van der Waals surface area contributed by atoms with Crippen LogP contribution in [0.25, 0.3) is 5.76 Å². The van der Waals surface area contributed by atoms with Crippen LogP contribution >= 0.6 is 0 Å². The Kier molecular flexibility index (Phi) is 3.92. The largest absolute Gasteiger partial charge is 0.496 e. The number of carboxylic acids is 1. The number of methoxy groups -OCH3 is 1. The van der Waals surface area contributed by atoms with E-state index in [2.05, 4.69) is 0 Å². The maximum absolute atomic E-state index is 10.6. The van der Waals surface area contributed by atoms with Gasteiger partial charge in [-0.15, -0.1) is 0 Å². The van der Waals surface area contributed by atoms with Gasteiger partial charge in [0, 0.05) is 5.56 Å². The molecule has 0 aliphatic rings. The first-order valence-electron chi connectivity index (χ1n) is 4.66. The summed E-state index contributed by atoms with van der Waals surface area (Å²) in [5.74, 6) is -0.212. The van der Waals surface area contributed by atoms with Gasteiger partial charge in [-0.1, -0.05) is 30.3 Å². The number of rotatable bonds is 4. The Morgan fingerprint density at radius 2 is 1.93 bits per heavy atom. The van der Waals surface area contributed by atoms with Crippen molar-refractivity contribution in [2.24, 2.45) is 0 Å². The first-order chi connectivity index (χ1) is 7.15. The molecule has 3 nitrogen and oxygen atoms in total. The van der Waals surface area contributed by atoms with Crippen LogP contribution < -0.4 is 0 Å². The van der Waals surface area contributed by atoms with Gasteiger partial charge in [0.2, 0.25) is 0 Å². The normalized spacial score (nSPS) is 11.9. The summed E-state index contributed by atoms with van der Waals surface area (Å²) in [6, 6.07) is 9.47. The van der Waals surface area contributed by atoms with Crippen LogP contribution in [-0.2, 0) is 9.53 Å². The molecule has 0 radical (unpaired) electrons. The molecule has 0 aliphatic carbocycles. The van der Waals surface area contributed by atoms with E-state index in [-0.39, 0.29) is 6.42 Å². The third-order valence-electron chi connectivity index (χ3n) is 2.04. The molecule has 1 aromatic rings. The lowest BCUT2D eigenvalue weighted by Gasteiger charge is -2.09. The third kappa shape index (κ3) is 3.13. The lowest BCUT2D eigenvalue weighted by molar-refractivity contribution is -0.136. The van der Waals surface area contributed by atoms with Crippen molar-refractivity contribution in [2.75, 3.05) is 7.11 Å². The van der Waals surface area contributed by atoms with Gasteiger partial charge in [0.1, 0.15) is 5.76 Å². The first kappa shape index (κ1) is 11.3. The second-order valence-corrected chi connectivity index (χ2v) is 3.25. The Balaban J connectivity index is 3.02. The Morgan fingerprint density at radius 3 is 2.40 bits per heavy atom. The lowest BCUT2D eigenvalue weighted by Crippen LogP contribution is -1.99. The summed E-state index contributed by atoms with van der Waals surface area (Å²) in [6.07, 6.45) is -0.00192. The van der Waals surface area contributed by atoms with Gasteiger partial charge in [0.05, 0.1) is 13.5 Å². The average molecular weight is 206 g/mol. The van der Waals surface area contributed by atoms with Crippen LogP contribution in [0.2, 0.25) is 0 Å². The Labute approximate surface area is 89.0 Å². The van der Waals surface area contributed by atoms with Gasteiger partial charge < -0.3 is 9.84 Å². The smallest absolute Gasteiger partial charge is 0.307 e. The van der Waals surface area contributed by atoms with Gasteiger partial charge in [0.15, 0.2) is 0 Å². The number of carboxylic acid groups (broad SMARTS) is 1. The number of aliphatic carboxylic acids is 1. The van der Waals surface area contributed by atoms with Crippen LogP contribution in [0.1, 0.15) is 18.9 Å². The molecule has 15 heavy (non-hydrogen) atoms. The van der Waals surface area contributed by atoms with Crippen molar-refractivity contribution in [1.29, 1.82) is 0 Å². The molecule has 0 atom stereocenters. The van der Waals surface area contributed by atoms with Gasteiger partial charge in [0.25, 0.3) is 0 Å². The predicted molar refractivity (Wildman–Crippen MR) is 58.3 cm³/mol. The minimum Gasteiger partial charge on any atom is -0.496 e. The molecule has 0 amide bonds. The number of carbonyl (C=O) groups is 1. The summed E-state index contributed by atoms with van der Waals surface area (Å²) in [6.45, 7) is 1.76. The monoisotopic (exact) mass is 206 g/mol. The van der Waals surface area contributed by atoms with E-state index in [4.69, 9.17) is 9.84 Å². The van der Waals surface area contributed by atoms with E-state index in [1.807, 2.05) is 30.3 Å². The van der Waals surface area contributed by atoms with Crippen LogP contribution in [0.4, 0.5) is 0 Å². The van der Waals surface area contributed by atoms with E-state index in [0.717, 1.165) is 11.1 Å². The van der Waals surface area contributed by atoms with Crippen LogP contribution in [0.3, 0.4) is 0 Å². The van der Waals surface area contributed by atoms with Gasteiger partial charge in [-0.25, -0.2) is 0 Å². The summed E-state index contributed by atoms with van der Waals surface area (Å²) in [5, 5.41) is 8.69. The molecule has 0 unspecified atom stereocenters. The van der Waals surface area contributed by atoms with Crippen LogP contribution in [-0.4, -0.2) is 18.2 Å². The topological polar surface area (TPSA) is 46.5 Å². The minimum atomic E-state index is -0.849. The summed E-state index contributed by atoms with van der Waals surface area (Å²) in [5.41, 5.74) is 1.62. The maximum Gasteiger partial charge on any atom is 0.307 e. The van der Waals surface area contributed by atoms with E-state index in [9.17, 15) is 4.79 Å². The van der Waals surface area contributed by atoms with E-state index in [1.54, 1.807) is 14.0 Å². The molecule has 0 saturated heterocycles. The quantitative estimate of drug-likeness (QED) is 0.770. The van der Waals surface area contributed by atoms with Crippen molar-refractivity contribution in [2.45, 2.75) is 13.3 Å². The van der Waals surface area contributed by atoms with Gasteiger partial charge in [-0.3, -0.25) is 4.79 Å². The highest BCUT2D eigenvalue weighted by molar-refractivity contribution is 5.74. The maximum atomic E-state index is 10.6. The van der Waals surface area contributed by atoms with Crippen molar-refractivity contribution in [1.82, 2.24) is 0 Å². The van der Waals surface area contributed by atoms with Crippen molar-refractivity contribution in [3.8, 4) is 0 Å². The zero-order valence-corrected chi connectivity index (χ0v) is 8.86. The number of hydrogen-bond donors (Lipinski definition) is 1. The van der Waals surface area contributed by atoms with E-state index in [0.29, 0.717) is 5.76 Å². The van der Waals surface area contributed by atoms with E-state index in [1.165, 1.54) is 0 Å². The molecule has 1 rings (SSSR count). The fourth-order valence-corrected chi connectivity index (χ4v) is 1.44. The highest BCUT2D eigenvalue weighted by Crippen LogP contribution is 2.20. The standard InChI is InChI=1S/C12H14O3/c1-9(8-11(13)14)12(15-2)10-6-4-3-5-7-10/h3-7H,8H2,1-2H3,(H,13,14)/b12-9+. The molecule has 0 aliphatic heterocycles. The molecule has 0 spiro atoms. The van der Waals surface area contributed by atoms with Crippen molar-refractivity contribution in [3.05, 3.63) is 41.5 Å². The SMILES string of the molecule is CO/C(=C(\C)CC(=O)O)c1ccccc1. The first-order valence-corrected chi connectivity index (χ1v) is 4.66. The lowest BCUT2D eigenvalue weighted by atomic mass is 10.1.